The van der Waals surface area contributed by atoms with E-state index in [1.165, 1.54) is 32.1 Å². The van der Waals surface area contributed by atoms with E-state index >= 15 is 0 Å². The molecule has 5 aliphatic rings. The van der Waals surface area contributed by atoms with Crippen molar-refractivity contribution >= 4 is 17.5 Å². The van der Waals surface area contributed by atoms with E-state index in [-0.39, 0.29) is 17.9 Å². The predicted molar refractivity (Wildman–Crippen MR) is 104 cm³/mol. The molecule has 1 aromatic rings. The summed E-state index contributed by atoms with van der Waals surface area (Å²) in [6, 6.07) is 7.81. The zero-order valence-corrected chi connectivity index (χ0v) is 15.8. The zero-order valence-electron chi connectivity index (χ0n) is 15.8. The molecular weight excluding hydrogens is 338 g/mol. The molecule has 0 unspecified atom stereocenters. The summed E-state index contributed by atoms with van der Waals surface area (Å²) >= 11 is 0. The number of hydrogen-bond acceptors (Lipinski definition) is 3. The van der Waals surface area contributed by atoms with Crippen molar-refractivity contribution in [3.63, 3.8) is 0 Å². The number of hydrogen-bond donors (Lipinski definition) is 2. The van der Waals surface area contributed by atoms with E-state index in [0.717, 1.165) is 36.9 Å². The number of nitrogens with two attached hydrogens (primary N) is 1. The van der Waals surface area contributed by atoms with Crippen molar-refractivity contribution in [3.05, 3.63) is 29.8 Å². The van der Waals surface area contributed by atoms with Gasteiger partial charge in [-0.1, -0.05) is 0 Å². The van der Waals surface area contributed by atoms with Crippen LogP contribution >= 0.6 is 0 Å². The van der Waals surface area contributed by atoms with Gasteiger partial charge in [-0.2, -0.15) is 0 Å². The van der Waals surface area contributed by atoms with Gasteiger partial charge in [0.1, 0.15) is 6.04 Å². The molecule has 3 N–H and O–H groups in total. The van der Waals surface area contributed by atoms with Crippen molar-refractivity contribution in [2.45, 2.75) is 57.0 Å². The zero-order chi connectivity index (χ0) is 18.5. The molecule has 0 spiro atoms. The van der Waals surface area contributed by atoms with Crippen LogP contribution < -0.4 is 16.0 Å². The maximum absolute atomic E-state index is 12.8. The average Bonchev–Trinajstić information content (AvgIpc) is 3.14. The summed E-state index contributed by atoms with van der Waals surface area (Å²) in [4.78, 5) is 26.5. The Hall–Kier alpha value is -2.04. The molecule has 5 heteroatoms. The Morgan fingerprint density at radius 2 is 1.59 bits per heavy atom. The van der Waals surface area contributed by atoms with Gasteiger partial charge in [-0.3, -0.25) is 9.59 Å². The van der Waals surface area contributed by atoms with E-state index in [1.807, 2.05) is 24.3 Å². The van der Waals surface area contributed by atoms with Crippen LogP contribution in [-0.4, -0.2) is 30.4 Å². The van der Waals surface area contributed by atoms with Crippen molar-refractivity contribution in [3.8, 4) is 0 Å². The molecule has 1 aliphatic heterocycles. The first-order valence-electron chi connectivity index (χ1n) is 10.6. The third-order valence-electron chi connectivity index (χ3n) is 7.57. The van der Waals surface area contributed by atoms with E-state index in [0.29, 0.717) is 23.4 Å². The van der Waals surface area contributed by atoms with E-state index in [4.69, 9.17) is 5.73 Å². The summed E-state index contributed by atoms with van der Waals surface area (Å²) in [5.41, 5.74) is 7.21. The van der Waals surface area contributed by atoms with Gasteiger partial charge in [0.15, 0.2) is 0 Å². The van der Waals surface area contributed by atoms with E-state index in [9.17, 15) is 9.59 Å². The van der Waals surface area contributed by atoms with Crippen LogP contribution in [0.25, 0.3) is 0 Å². The van der Waals surface area contributed by atoms with Crippen molar-refractivity contribution in [2.75, 3.05) is 11.4 Å². The van der Waals surface area contributed by atoms with Gasteiger partial charge in [-0.15, -0.1) is 0 Å². The molecule has 5 fully saturated rings. The second kappa shape index (κ2) is 6.54. The summed E-state index contributed by atoms with van der Waals surface area (Å²) in [5.74, 6) is 2.98. The molecular formula is C22H29N3O2. The molecule has 1 heterocycles. The number of nitrogens with one attached hydrogen (secondary N) is 1. The standard InChI is InChI=1S/C22H29N3O2/c23-21(26)19-2-1-7-25(19)18-5-3-15(4-6-18)22(27)24-20-16-9-13-8-14(11-16)12-17(20)10-13/h3-6,13-14,16-17,19-20H,1-2,7-12H2,(H2,23,26)(H,24,27)/t13?,14?,16?,17?,19-,20?/m1/s1. The van der Waals surface area contributed by atoms with Crippen LogP contribution in [0, 0.1) is 23.7 Å². The lowest BCUT2D eigenvalue weighted by molar-refractivity contribution is -0.119. The van der Waals surface area contributed by atoms with Gasteiger partial charge in [0.05, 0.1) is 0 Å². The van der Waals surface area contributed by atoms with Crippen LogP contribution in [0.5, 0.6) is 0 Å². The molecule has 0 radical (unpaired) electrons. The van der Waals surface area contributed by atoms with Crippen molar-refractivity contribution < 1.29 is 9.59 Å². The maximum Gasteiger partial charge on any atom is 0.251 e. The monoisotopic (exact) mass is 367 g/mol. The summed E-state index contributed by atoms with van der Waals surface area (Å²) < 4.78 is 0. The lowest BCUT2D eigenvalue weighted by Gasteiger charge is -2.54. The van der Waals surface area contributed by atoms with E-state index < -0.39 is 0 Å². The Balaban J connectivity index is 1.27. The van der Waals surface area contributed by atoms with Crippen LogP contribution in [0.3, 0.4) is 0 Å². The summed E-state index contributed by atoms with van der Waals surface area (Å²) in [5, 5.41) is 3.37. The Morgan fingerprint density at radius 3 is 2.19 bits per heavy atom. The normalized spacial score (nSPS) is 36.8. The minimum Gasteiger partial charge on any atom is -0.368 e. The molecule has 1 aromatic carbocycles. The molecule has 1 saturated heterocycles. The lowest BCUT2D eigenvalue weighted by atomic mass is 9.54. The fraction of sp³-hybridized carbons (Fsp3) is 0.636. The van der Waals surface area contributed by atoms with Crippen molar-refractivity contribution in [1.82, 2.24) is 5.32 Å². The smallest absolute Gasteiger partial charge is 0.251 e. The number of carbonyl (C=O) groups is 2. The SMILES string of the molecule is NC(=O)[C@H]1CCCN1c1ccc(C(=O)NC2C3CC4CC(C3)CC2C4)cc1. The first-order valence-corrected chi connectivity index (χ1v) is 10.6. The highest BCUT2D eigenvalue weighted by atomic mass is 16.2. The number of benzene rings is 1. The lowest BCUT2D eigenvalue weighted by Crippen LogP contribution is -2.55. The maximum atomic E-state index is 12.8. The fourth-order valence-electron chi connectivity index (χ4n) is 6.57. The summed E-state index contributed by atoms with van der Waals surface area (Å²) in [6.45, 7) is 0.840. The minimum absolute atomic E-state index is 0.0481. The van der Waals surface area contributed by atoms with Crippen molar-refractivity contribution in [2.24, 2.45) is 29.4 Å². The van der Waals surface area contributed by atoms with Crippen LogP contribution in [0.4, 0.5) is 5.69 Å². The Kier molecular flexibility index (Phi) is 4.14. The highest BCUT2D eigenvalue weighted by molar-refractivity contribution is 5.95. The van der Waals surface area contributed by atoms with E-state index in [1.54, 1.807) is 0 Å². The molecule has 6 rings (SSSR count). The van der Waals surface area contributed by atoms with Gasteiger partial charge in [-0.05, 0) is 92.9 Å². The molecule has 4 saturated carbocycles. The van der Waals surface area contributed by atoms with Gasteiger partial charge in [0, 0.05) is 23.8 Å². The van der Waals surface area contributed by atoms with Gasteiger partial charge < -0.3 is 16.0 Å². The Bertz CT molecular complexity index is 716. The molecule has 5 nitrogen and oxygen atoms in total. The highest BCUT2D eigenvalue weighted by Crippen LogP contribution is 2.53. The first-order chi connectivity index (χ1) is 13.1. The van der Waals surface area contributed by atoms with Crippen LogP contribution in [0.15, 0.2) is 24.3 Å². The minimum atomic E-state index is -0.267. The molecule has 4 bridgehead atoms. The molecule has 1 atom stereocenters. The van der Waals surface area contributed by atoms with E-state index in [2.05, 4.69) is 10.2 Å². The summed E-state index contributed by atoms with van der Waals surface area (Å²) in [7, 11) is 0. The second-order valence-electron chi connectivity index (χ2n) is 9.23. The predicted octanol–water partition coefficient (Wildman–Crippen LogP) is 2.70. The molecule has 27 heavy (non-hydrogen) atoms. The van der Waals surface area contributed by atoms with Crippen LogP contribution in [0.2, 0.25) is 0 Å². The number of carbonyl (C=O) groups excluding carboxylic acids is 2. The molecule has 4 aliphatic carbocycles. The summed E-state index contributed by atoms with van der Waals surface area (Å²) in [6.07, 6.45) is 8.44. The largest absolute Gasteiger partial charge is 0.368 e. The number of nitrogens with zero attached hydrogens (tertiary/aromatic N) is 1. The molecule has 144 valence electrons. The second-order valence-corrected chi connectivity index (χ2v) is 9.23. The van der Waals surface area contributed by atoms with Gasteiger partial charge in [0.25, 0.3) is 5.91 Å². The Morgan fingerprint density at radius 1 is 0.963 bits per heavy atom. The van der Waals surface area contributed by atoms with Crippen LogP contribution in [0.1, 0.15) is 55.3 Å². The molecule has 0 aromatic heterocycles. The third kappa shape index (κ3) is 3.01. The first kappa shape index (κ1) is 17.1. The van der Waals surface area contributed by atoms with Gasteiger partial charge in [-0.25, -0.2) is 0 Å². The number of primary amides is 1. The topological polar surface area (TPSA) is 75.4 Å². The van der Waals surface area contributed by atoms with Crippen molar-refractivity contribution in [1.29, 1.82) is 0 Å². The number of amides is 2. The van der Waals surface area contributed by atoms with Gasteiger partial charge in [0.2, 0.25) is 5.91 Å². The Labute approximate surface area is 160 Å². The fourth-order valence-corrected chi connectivity index (χ4v) is 6.57. The highest BCUT2D eigenvalue weighted by Gasteiger charge is 2.48. The molecule has 2 amide bonds. The third-order valence-corrected chi connectivity index (χ3v) is 7.57. The number of anilines is 1. The number of rotatable bonds is 4. The van der Waals surface area contributed by atoms with Crippen LogP contribution in [-0.2, 0) is 4.79 Å². The average molecular weight is 367 g/mol. The quantitative estimate of drug-likeness (QED) is 0.859. The van der Waals surface area contributed by atoms with Gasteiger partial charge >= 0.3 is 0 Å².